The lowest BCUT2D eigenvalue weighted by Gasteiger charge is -2.05. The lowest BCUT2D eigenvalue weighted by molar-refractivity contribution is 0.927. The molecular weight excluding hydrogens is 232 g/mol. The first-order valence-corrected chi connectivity index (χ1v) is 6.33. The van der Waals surface area contributed by atoms with Crippen molar-refractivity contribution in [1.82, 2.24) is 15.0 Å². The third-order valence-electron chi connectivity index (χ3n) is 2.31. The van der Waals surface area contributed by atoms with E-state index < -0.39 is 0 Å². The van der Waals surface area contributed by atoms with Crippen LogP contribution >= 0.6 is 11.8 Å². The van der Waals surface area contributed by atoms with Crippen molar-refractivity contribution in [2.75, 3.05) is 0 Å². The number of aryl methyl sites for hydroxylation is 1. The van der Waals surface area contributed by atoms with Crippen LogP contribution < -0.4 is 5.73 Å². The van der Waals surface area contributed by atoms with Gasteiger partial charge in [0.05, 0.1) is 5.69 Å². The van der Waals surface area contributed by atoms with E-state index in [9.17, 15) is 0 Å². The van der Waals surface area contributed by atoms with Gasteiger partial charge in [0.2, 0.25) is 0 Å². The molecule has 17 heavy (non-hydrogen) atoms. The molecule has 0 amide bonds. The maximum Gasteiger partial charge on any atom is 0.188 e. The number of rotatable bonds is 4. The highest BCUT2D eigenvalue weighted by Crippen LogP contribution is 2.20. The Bertz CT molecular complexity index is 501. The fourth-order valence-corrected chi connectivity index (χ4v) is 2.32. The van der Waals surface area contributed by atoms with E-state index in [4.69, 9.17) is 5.73 Å². The Kier molecular flexibility index (Phi) is 4.06. The Morgan fingerprint density at radius 2 is 2.12 bits per heavy atom. The van der Waals surface area contributed by atoms with Crippen molar-refractivity contribution in [2.45, 2.75) is 24.4 Å². The third kappa shape index (κ3) is 3.25. The zero-order valence-corrected chi connectivity index (χ0v) is 10.4. The normalized spacial score (nSPS) is 10.5. The number of hydrogen-bond donors (Lipinski definition) is 1. The van der Waals surface area contributed by atoms with Gasteiger partial charge in [-0.25, -0.2) is 9.97 Å². The summed E-state index contributed by atoms with van der Waals surface area (Å²) in [7, 11) is 0. The average molecular weight is 246 g/mol. The van der Waals surface area contributed by atoms with Gasteiger partial charge in [-0.05, 0) is 24.6 Å². The summed E-state index contributed by atoms with van der Waals surface area (Å²) in [6.07, 6.45) is 3.54. The summed E-state index contributed by atoms with van der Waals surface area (Å²) in [6.45, 7) is 2.42. The molecule has 0 atom stereocenters. The highest BCUT2D eigenvalue weighted by molar-refractivity contribution is 7.98. The van der Waals surface area contributed by atoms with Crippen LogP contribution in [0.15, 0.2) is 35.7 Å². The van der Waals surface area contributed by atoms with Crippen molar-refractivity contribution in [1.29, 1.82) is 0 Å². The van der Waals surface area contributed by atoms with Crippen LogP contribution in [0.5, 0.6) is 0 Å². The molecule has 0 aliphatic heterocycles. The van der Waals surface area contributed by atoms with Crippen LogP contribution in [0.2, 0.25) is 0 Å². The topological polar surface area (TPSA) is 64.7 Å². The highest BCUT2D eigenvalue weighted by atomic mass is 32.2. The van der Waals surface area contributed by atoms with Gasteiger partial charge in [-0.2, -0.15) is 0 Å². The van der Waals surface area contributed by atoms with Crippen LogP contribution in [0.4, 0.5) is 0 Å². The smallest absolute Gasteiger partial charge is 0.188 e. The number of aromatic nitrogens is 3. The summed E-state index contributed by atoms with van der Waals surface area (Å²) in [5.41, 5.74) is 8.70. The minimum atomic E-state index is 0.464. The van der Waals surface area contributed by atoms with Gasteiger partial charge < -0.3 is 5.73 Å². The van der Waals surface area contributed by atoms with Crippen molar-refractivity contribution < 1.29 is 0 Å². The minimum absolute atomic E-state index is 0.464. The van der Waals surface area contributed by atoms with Crippen molar-refractivity contribution in [3.63, 3.8) is 0 Å². The van der Waals surface area contributed by atoms with E-state index in [0.29, 0.717) is 6.54 Å². The molecule has 4 nitrogen and oxygen atoms in total. The lowest BCUT2D eigenvalue weighted by Crippen LogP contribution is -2.03. The lowest BCUT2D eigenvalue weighted by atomic mass is 10.2. The predicted octanol–water partition coefficient (Wildman–Crippen LogP) is 1.93. The molecule has 0 radical (unpaired) electrons. The molecular formula is C12H14N4S. The highest BCUT2D eigenvalue weighted by Gasteiger charge is 2.04. The second kappa shape index (κ2) is 5.75. The molecule has 0 unspecified atom stereocenters. The number of thioether (sulfide) groups is 1. The standard InChI is InChI=1S/C12H14N4S/c1-9-4-6-15-12(16-9)17-8-10-3-2-5-14-11(10)7-13/h2-6H,7-8,13H2,1H3. The molecule has 88 valence electrons. The van der Waals surface area contributed by atoms with Gasteiger partial charge in [-0.15, -0.1) is 0 Å². The first-order chi connectivity index (χ1) is 8.29. The molecule has 0 fully saturated rings. The van der Waals surface area contributed by atoms with E-state index in [2.05, 4.69) is 15.0 Å². The molecule has 0 saturated carbocycles. The summed E-state index contributed by atoms with van der Waals surface area (Å²) in [5, 5.41) is 0.789. The van der Waals surface area contributed by atoms with Gasteiger partial charge in [-0.3, -0.25) is 4.98 Å². The predicted molar refractivity (Wildman–Crippen MR) is 68.5 cm³/mol. The van der Waals surface area contributed by atoms with E-state index in [1.165, 1.54) is 0 Å². The number of pyridine rings is 1. The van der Waals surface area contributed by atoms with Gasteiger partial charge in [0.1, 0.15) is 0 Å². The molecule has 0 saturated heterocycles. The van der Waals surface area contributed by atoms with Crippen LogP contribution in [-0.4, -0.2) is 15.0 Å². The van der Waals surface area contributed by atoms with Gasteiger partial charge in [-0.1, -0.05) is 17.8 Å². The Hall–Kier alpha value is -1.46. The molecule has 0 aliphatic carbocycles. The van der Waals surface area contributed by atoms with Crippen molar-refractivity contribution in [3.05, 3.63) is 47.5 Å². The van der Waals surface area contributed by atoms with Crippen LogP contribution in [-0.2, 0) is 12.3 Å². The van der Waals surface area contributed by atoms with E-state index >= 15 is 0 Å². The van der Waals surface area contributed by atoms with Crippen LogP contribution in [0, 0.1) is 6.92 Å². The molecule has 0 spiro atoms. The van der Waals surface area contributed by atoms with Gasteiger partial charge in [0.25, 0.3) is 0 Å². The van der Waals surface area contributed by atoms with Gasteiger partial charge >= 0.3 is 0 Å². The number of hydrogen-bond acceptors (Lipinski definition) is 5. The molecule has 2 aromatic heterocycles. The minimum Gasteiger partial charge on any atom is -0.325 e. The van der Waals surface area contributed by atoms with Gasteiger partial charge in [0, 0.05) is 30.4 Å². The molecule has 2 N–H and O–H groups in total. The fourth-order valence-electron chi connectivity index (χ4n) is 1.42. The molecule has 2 heterocycles. The number of nitrogens with two attached hydrogens (primary N) is 1. The Morgan fingerprint density at radius 3 is 2.88 bits per heavy atom. The molecule has 5 heteroatoms. The third-order valence-corrected chi connectivity index (χ3v) is 3.22. The van der Waals surface area contributed by atoms with Crippen LogP contribution in [0.1, 0.15) is 17.0 Å². The second-order valence-electron chi connectivity index (χ2n) is 3.58. The molecule has 0 aromatic carbocycles. The van der Waals surface area contributed by atoms with Crippen LogP contribution in [0.3, 0.4) is 0 Å². The monoisotopic (exact) mass is 246 g/mol. The van der Waals surface area contributed by atoms with Crippen molar-refractivity contribution in [2.24, 2.45) is 5.73 Å². The Labute approximate surface area is 105 Å². The molecule has 2 aromatic rings. The van der Waals surface area contributed by atoms with Gasteiger partial charge in [0.15, 0.2) is 5.16 Å². The average Bonchev–Trinajstić information content (AvgIpc) is 2.37. The summed E-state index contributed by atoms with van der Waals surface area (Å²) >= 11 is 1.60. The first kappa shape index (κ1) is 12.0. The van der Waals surface area contributed by atoms with Crippen molar-refractivity contribution in [3.8, 4) is 0 Å². The maximum atomic E-state index is 5.64. The summed E-state index contributed by atoms with van der Waals surface area (Å²) in [5.74, 6) is 0.795. The SMILES string of the molecule is Cc1ccnc(SCc2cccnc2CN)n1. The van der Waals surface area contributed by atoms with Crippen LogP contribution in [0.25, 0.3) is 0 Å². The van der Waals surface area contributed by atoms with E-state index in [1.807, 2.05) is 25.1 Å². The first-order valence-electron chi connectivity index (χ1n) is 5.35. The summed E-state index contributed by atoms with van der Waals surface area (Å²) < 4.78 is 0. The maximum absolute atomic E-state index is 5.64. The zero-order valence-electron chi connectivity index (χ0n) is 9.63. The van der Waals surface area contributed by atoms with E-state index in [-0.39, 0.29) is 0 Å². The molecule has 2 rings (SSSR count). The summed E-state index contributed by atoms with van der Waals surface area (Å²) in [6, 6.07) is 5.85. The van der Waals surface area contributed by atoms with E-state index in [1.54, 1.807) is 24.2 Å². The zero-order chi connectivity index (χ0) is 12.1. The largest absolute Gasteiger partial charge is 0.325 e. The molecule has 0 aliphatic rings. The van der Waals surface area contributed by atoms with Crippen molar-refractivity contribution >= 4 is 11.8 Å². The molecule has 0 bridgehead atoms. The van der Waals surface area contributed by atoms with E-state index in [0.717, 1.165) is 27.9 Å². The Morgan fingerprint density at radius 1 is 1.24 bits per heavy atom. The second-order valence-corrected chi connectivity index (χ2v) is 4.53. The Balaban J connectivity index is 2.07. The number of nitrogens with zero attached hydrogens (tertiary/aromatic N) is 3. The quantitative estimate of drug-likeness (QED) is 0.659. The fraction of sp³-hybridized carbons (Fsp3) is 0.250. The summed E-state index contributed by atoms with van der Waals surface area (Å²) in [4.78, 5) is 12.8.